The first-order valence-corrected chi connectivity index (χ1v) is 12.3. The topological polar surface area (TPSA) is 107 Å². The summed E-state index contributed by atoms with van der Waals surface area (Å²) < 4.78 is 5.67. The van der Waals surface area contributed by atoms with Gasteiger partial charge in [-0.15, -0.1) is 0 Å². The molecule has 1 saturated carbocycles. The molecule has 1 aromatic rings. The van der Waals surface area contributed by atoms with Crippen LogP contribution in [0.2, 0.25) is 0 Å². The smallest absolute Gasteiger partial charge is 0.275 e. The Morgan fingerprint density at radius 1 is 1.24 bits per heavy atom. The van der Waals surface area contributed by atoms with Gasteiger partial charge in [0.1, 0.15) is 17.3 Å². The van der Waals surface area contributed by atoms with Crippen LogP contribution in [0.25, 0.3) is 0 Å². The lowest BCUT2D eigenvalue weighted by molar-refractivity contribution is -0.123. The molecule has 1 fully saturated rings. The quantitative estimate of drug-likeness (QED) is 0.429. The number of aryl methyl sites for hydroxylation is 1. The Morgan fingerprint density at radius 3 is 2.76 bits per heavy atom. The van der Waals surface area contributed by atoms with Gasteiger partial charge in [-0.2, -0.15) is 0 Å². The zero-order chi connectivity index (χ0) is 23.2. The van der Waals surface area contributed by atoms with Crippen LogP contribution in [0.3, 0.4) is 0 Å². The average Bonchev–Trinajstić information content (AvgIpc) is 3.31. The minimum Gasteiger partial charge on any atom is -0.495 e. The van der Waals surface area contributed by atoms with Gasteiger partial charge in [-0.3, -0.25) is 15.8 Å². The van der Waals surface area contributed by atoms with Crippen LogP contribution in [0.4, 0.5) is 11.4 Å². The molecular formula is C24H37N7O2. The number of carbonyl (C=O) groups is 1. The van der Waals surface area contributed by atoms with Gasteiger partial charge in [-0.25, -0.2) is 0 Å². The van der Waals surface area contributed by atoms with Crippen LogP contribution in [0.15, 0.2) is 23.7 Å². The molecule has 9 heteroatoms. The molecular weight excluding hydrogens is 418 g/mol. The number of likely N-dealkylation sites (N-methyl/N-ethyl adjacent to an activating group) is 1. The molecule has 0 aromatic heterocycles. The second kappa shape index (κ2) is 8.52. The standard InChI is InChI=1S/C24H37N7O2/c1-4-16-14-30(2)21-22(31(16)17-9-5-6-10-17)28-24(25,29-23(21)32)27-19-13-18-15(8-7-11-26-18)12-20(19)33-3/h12-13,16-17,26-28H,4-11,14,25H2,1-3H3,(H,29,32)/t16?,24-/m1/s1. The van der Waals surface area contributed by atoms with Crippen LogP contribution in [0, 0.1) is 0 Å². The third-order valence-electron chi connectivity index (χ3n) is 7.47. The number of methoxy groups -OCH3 is 1. The molecule has 1 aliphatic carbocycles. The van der Waals surface area contributed by atoms with Gasteiger partial charge in [-0.05, 0) is 49.8 Å². The van der Waals surface area contributed by atoms with E-state index in [1.807, 2.05) is 13.1 Å². The van der Waals surface area contributed by atoms with Gasteiger partial charge in [0.15, 0.2) is 0 Å². The predicted octanol–water partition coefficient (Wildman–Crippen LogP) is 1.89. The largest absolute Gasteiger partial charge is 0.495 e. The zero-order valence-corrected chi connectivity index (χ0v) is 20.0. The molecule has 3 heterocycles. The second-order valence-electron chi connectivity index (χ2n) is 9.74. The summed E-state index contributed by atoms with van der Waals surface area (Å²) in [5, 5.41) is 13.2. The summed E-state index contributed by atoms with van der Waals surface area (Å²) in [5.74, 6) is 0.0162. The second-order valence-corrected chi connectivity index (χ2v) is 9.74. The molecule has 1 aromatic carbocycles. The number of ether oxygens (including phenoxy) is 1. The summed E-state index contributed by atoms with van der Waals surface area (Å²) in [4.78, 5) is 17.8. The van der Waals surface area contributed by atoms with Crippen molar-refractivity contribution in [1.29, 1.82) is 0 Å². The van der Waals surface area contributed by atoms with Crippen LogP contribution < -0.4 is 31.7 Å². The van der Waals surface area contributed by atoms with Crippen LogP contribution in [0.1, 0.15) is 51.0 Å². The maximum atomic E-state index is 13.3. The Bertz CT molecular complexity index is 958. The van der Waals surface area contributed by atoms with Gasteiger partial charge in [0.25, 0.3) is 5.91 Å². The number of anilines is 2. The summed E-state index contributed by atoms with van der Waals surface area (Å²) in [5.41, 5.74) is 10.5. The SMILES string of the molecule is CCC1CN(C)C2=C(N[C@@](N)(Nc3cc4c(cc3OC)CCCN4)NC2=O)N1C1CCCC1. The summed E-state index contributed by atoms with van der Waals surface area (Å²) >= 11 is 0. The zero-order valence-electron chi connectivity index (χ0n) is 20.0. The first-order valence-electron chi connectivity index (χ1n) is 12.3. The molecule has 0 saturated heterocycles. The van der Waals surface area contributed by atoms with Crippen LogP contribution in [0.5, 0.6) is 5.75 Å². The summed E-state index contributed by atoms with van der Waals surface area (Å²) in [7, 11) is 3.64. The van der Waals surface area contributed by atoms with Gasteiger partial charge in [0.2, 0.25) is 5.91 Å². The lowest BCUT2D eigenvalue weighted by Gasteiger charge is -2.52. The van der Waals surface area contributed by atoms with Crippen molar-refractivity contribution in [2.24, 2.45) is 5.73 Å². The fraction of sp³-hybridized carbons (Fsp3) is 0.625. The van der Waals surface area contributed by atoms with Gasteiger partial charge in [0, 0.05) is 37.9 Å². The van der Waals surface area contributed by atoms with Crippen molar-refractivity contribution in [2.75, 3.05) is 37.9 Å². The summed E-state index contributed by atoms with van der Waals surface area (Å²) in [6.45, 7) is 3.99. The molecule has 4 aliphatic rings. The number of nitrogens with two attached hydrogens (primary N) is 1. The highest BCUT2D eigenvalue weighted by Crippen LogP contribution is 2.37. The molecule has 33 heavy (non-hydrogen) atoms. The highest BCUT2D eigenvalue weighted by molar-refractivity contribution is 5.95. The fourth-order valence-corrected chi connectivity index (χ4v) is 5.87. The molecule has 6 N–H and O–H groups in total. The van der Waals surface area contributed by atoms with Gasteiger partial charge in [-0.1, -0.05) is 19.8 Å². The van der Waals surface area contributed by atoms with E-state index in [-0.39, 0.29) is 5.91 Å². The minimum atomic E-state index is -1.35. The van der Waals surface area contributed by atoms with E-state index in [4.69, 9.17) is 10.5 Å². The molecule has 9 nitrogen and oxygen atoms in total. The van der Waals surface area contributed by atoms with E-state index in [9.17, 15) is 4.79 Å². The minimum absolute atomic E-state index is 0.172. The normalized spacial score (nSPS) is 27.4. The lowest BCUT2D eigenvalue weighted by atomic mass is 10.0. The van der Waals surface area contributed by atoms with E-state index >= 15 is 0 Å². The van der Waals surface area contributed by atoms with E-state index in [0.29, 0.717) is 23.5 Å². The molecule has 5 rings (SSSR count). The van der Waals surface area contributed by atoms with Crippen molar-refractivity contribution < 1.29 is 9.53 Å². The maximum absolute atomic E-state index is 13.3. The molecule has 1 unspecified atom stereocenters. The van der Waals surface area contributed by atoms with E-state index in [1.54, 1.807) is 7.11 Å². The van der Waals surface area contributed by atoms with E-state index in [0.717, 1.165) is 62.4 Å². The van der Waals surface area contributed by atoms with Crippen molar-refractivity contribution >= 4 is 17.3 Å². The van der Waals surface area contributed by atoms with E-state index in [1.165, 1.54) is 18.4 Å². The lowest BCUT2D eigenvalue weighted by Crippen LogP contribution is -2.76. The Balaban J connectivity index is 1.49. The first-order chi connectivity index (χ1) is 15.9. The van der Waals surface area contributed by atoms with Crippen molar-refractivity contribution in [2.45, 2.75) is 69.9 Å². The predicted molar refractivity (Wildman–Crippen MR) is 129 cm³/mol. The van der Waals surface area contributed by atoms with Crippen molar-refractivity contribution in [1.82, 2.24) is 20.4 Å². The summed E-state index contributed by atoms with van der Waals surface area (Å²) in [6.07, 6.45) is 7.88. The average molecular weight is 456 g/mol. The third-order valence-corrected chi connectivity index (χ3v) is 7.47. The summed E-state index contributed by atoms with van der Waals surface area (Å²) in [6, 6.07) is 4.84. The monoisotopic (exact) mass is 455 g/mol. The Morgan fingerprint density at radius 2 is 2.03 bits per heavy atom. The number of rotatable bonds is 5. The Kier molecular flexibility index (Phi) is 5.68. The van der Waals surface area contributed by atoms with Crippen LogP contribution in [-0.2, 0) is 11.2 Å². The molecule has 3 aliphatic heterocycles. The van der Waals surface area contributed by atoms with Crippen molar-refractivity contribution in [3.8, 4) is 5.75 Å². The highest BCUT2D eigenvalue weighted by atomic mass is 16.5. The Hall–Kier alpha value is -2.81. The molecule has 0 radical (unpaired) electrons. The molecule has 0 spiro atoms. The Labute approximate surface area is 196 Å². The van der Waals surface area contributed by atoms with Crippen LogP contribution >= 0.6 is 0 Å². The number of carbonyl (C=O) groups excluding carboxylic acids is 1. The molecule has 0 bridgehead atoms. The van der Waals surface area contributed by atoms with Gasteiger partial charge in [0.05, 0.1) is 12.8 Å². The third kappa shape index (κ3) is 3.92. The van der Waals surface area contributed by atoms with Gasteiger partial charge >= 0.3 is 0 Å². The molecule has 2 atom stereocenters. The number of nitrogens with zero attached hydrogens (tertiary/aromatic N) is 2. The molecule has 1 amide bonds. The van der Waals surface area contributed by atoms with Gasteiger partial charge < -0.3 is 30.5 Å². The van der Waals surface area contributed by atoms with Crippen molar-refractivity contribution in [3.63, 3.8) is 0 Å². The van der Waals surface area contributed by atoms with E-state index < -0.39 is 5.91 Å². The van der Waals surface area contributed by atoms with Crippen LogP contribution in [-0.4, -0.2) is 60.9 Å². The number of fused-ring (bicyclic) bond motifs is 1. The number of benzene rings is 1. The number of hydrogen-bond donors (Lipinski definition) is 5. The number of nitrogens with one attached hydrogen (secondary N) is 4. The number of amides is 1. The van der Waals surface area contributed by atoms with Crippen molar-refractivity contribution in [3.05, 3.63) is 29.2 Å². The molecule has 180 valence electrons. The first kappa shape index (κ1) is 22.0. The maximum Gasteiger partial charge on any atom is 0.275 e. The highest BCUT2D eigenvalue weighted by Gasteiger charge is 2.45. The number of hydrogen-bond acceptors (Lipinski definition) is 8. The van der Waals surface area contributed by atoms with E-state index in [2.05, 4.69) is 44.1 Å². The fourth-order valence-electron chi connectivity index (χ4n) is 5.87.